The molecular weight excluding hydrogens is 174 g/mol. The van der Waals surface area contributed by atoms with Gasteiger partial charge in [-0.05, 0) is 0 Å². The lowest BCUT2D eigenvalue weighted by Crippen LogP contribution is -2.35. The molecule has 0 radical (unpaired) electrons. The van der Waals surface area contributed by atoms with E-state index < -0.39 is 0 Å². The third-order valence-electron chi connectivity index (χ3n) is 1.55. The quantitative estimate of drug-likeness (QED) is 0.545. The Morgan fingerprint density at radius 2 is 2.08 bits per heavy atom. The second-order valence-electron chi connectivity index (χ2n) is 2.52. The topological polar surface area (TPSA) is 56.8 Å². The molecule has 0 fully saturated rings. The molecule has 0 aromatic carbocycles. The van der Waals surface area contributed by atoms with Crippen LogP contribution in [0.4, 0.5) is 0 Å². The van der Waals surface area contributed by atoms with E-state index in [0.717, 1.165) is 0 Å². The van der Waals surface area contributed by atoms with Gasteiger partial charge in [0.1, 0.15) is 0 Å². The lowest BCUT2D eigenvalue weighted by Gasteiger charge is -2.14. The second kappa shape index (κ2) is 7.97. The fraction of sp³-hybridized carbons (Fsp3) is 0.875. The Kier molecular flexibility index (Phi) is 7.57. The molecule has 5 heteroatoms. The molecule has 13 heavy (non-hydrogen) atoms. The van der Waals surface area contributed by atoms with Crippen molar-refractivity contribution in [2.45, 2.75) is 6.10 Å². The van der Waals surface area contributed by atoms with Crippen molar-refractivity contribution >= 4 is 5.97 Å². The standard InChI is InChI=1S/C8H17NO4/c1-11-6-7(12-2)4-9-5-8(10)13-3/h7,9H,4-6H2,1-3H3. The summed E-state index contributed by atoms with van der Waals surface area (Å²) >= 11 is 0. The predicted octanol–water partition coefficient (Wildman–Crippen LogP) is -0.590. The number of carbonyl (C=O) groups is 1. The second-order valence-corrected chi connectivity index (χ2v) is 2.52. The van der Waals surface area contributed by atoms with Crippen molar-refractivity contribution in [3.63, 3.8) is 0 Å². The molecule has 78 valence electrons. The molecule has 0 aliphatic carbocycles. The Balaban J connectivity index is 3.42. The van der Waals surface area contributed by atoms with Crippen LogP contribution in [-0.4, -0.2) is 53.1 Å². The zero-order valence-electron chi connectivity index (χ0n) is 8.33. The Bertz CT molecular complexity index is 140. The van der Waals surface area contributed by atoms with Gasteiger partial charge in [0.15, 0.2) is 0 Å². The van der Waals surface area contributed by atoms with E-state index in [1.165, 1.54) is 7.11 Å². The van der Waals surface area contributed by atoms with Crippen molar-refractivity contribution in [3.05, 3.63) is 0 Å². The van der Waals surface area contributed by atoms with Gasteiger partial charge in [0, 0.05) is 20.8 Å². The summed E-state index contributed by atoms with van der Waals surface area (Å²) in [7, 11) is 4.56. The largest absolute Gasteiger partial charge is 0.468 e. The molecule has 0 aromatic heterocycles. The van der Waals surface area contributed by atoms with Crippen LogP contribution in [0, 0.1) is 0 Å². The minimum absolute atomic E-state index is 0.0327. The highest BCUT2D eigenvalue weighted by molar-refractivity contribution is 5.71. The number of nitrogens with one attached hydrogen (secondary N) is 1. The number of methoxy groups -OCH3 is 3. The molecule has 1 N–H and O–H groups in total. The van der Waals surface area contributed by atoms with Crippen molar-refractivity contribution < 1.29 is 19.0 Å². The zero-order chi connectivity index (χ0) is 10.1. The van der Waals surface area contributed by atoms with Crippen molar-refractivity contribution in [2.24, 2.45) is 0 Å². The fourth-order valence-electron chi connectivity index (χ4n) is 0.804. The van der Waals surface area contributed by atoms with Crippen LogP contribution in [0.25, 0.3) is 0 Å². The lowest BCUT2D eigenvalue weighted by atomic mass is 10.3. The van der Waals surface area contributed by atoms with Gasteiger partial charge in [-0.3, -0.25) is 4.79 Å². The smallest absolute Gasteiger partial charge is 0.319 e. The number of carbonyl (C=O) groups excluding carboxylic acids is 1. The summed E-state index contributed by atoms with van der Waals surface area (Å²) in [6, 6.07) is 0. The zero-order valence-corrected chi connectivity index (χ0v) is 8.33. The maximum Gasteiger partial charge on any atom is 0.319 e. The van der Waals surface area contributed by atoms with Crippen LogP contribution in [0.2, 0.25) is 0 Å². The highest BCUT2D eigenvalue weighted by Gasteiger charge is 2.07. The molecular formula is C8H17NO4. The molecule has 0 bridgehead atoms. The normalized spacial score (nSPS) is 12.5. The van der Waals surface area contributed by atoms with E-state index in [-0.39, 0.29) is 18.6 Å². The first kappa shape index (κ1) is 12.3. The van der Waals surface area contributed by atoms with Gasteiger partial charge in [-0.1, -0.05) is 0 Å². The van der Waals surface area contributed by atoms with Crippen molar-refractivity contribution in [3.8, 4) is 0 Å². The molecule has 5 nitrogen and oxygen atoms in total. The van der Waals surface area contributed by atoms with E-state index in [4.69, 9.17) is 9.47 Å². The van der Waals surface area contributed by atoms with Crippen LogP contribution in [0.1, 0.15) is 0 Å². The van der Waals surface area contributed by atoms with E-state index in [1.54, 1.807) is 14.2 Å². The summed E-state index contributed by atoms with van der Waals surface area (Å²) in [6.07, 6.45) is -0.0327. The molecule has 0 aliphatic rings. The SMILES string of the molecule is COCC(CNCC(=O)OC)OC. The summed E-state index contributed by atoms with van der Waals surface area (Å²) in [5, 5.41) is 2.89. The van der Waals surface area contributed by atoms with Gasteiger partial charge in [-0.2, -0.15) is 0 Å². The van der Waals surface area contributed by atoms with Gasteiger partial charge >= 0.3 is 5.97 Å². The molecule has 0 rings (SSSR count). The first-order chi connectivity index (χ1) is 6.24. The molecule has 0 aliphatic heterocycles. The molecule has 0 saturated heterocycles. The maximum absolute atomic E-state index is 10.7. The van der Waals surface area contributed by atoms with Gasteiger partial charge in [0.2, 0.25) is 0 Å². The molecule has 1 unspecified atom stereocenters. The Hall–Kier alpha value is -0.650. The summed E-state index contributed by atoms with van der Waals surface area (Å²) < 4.78 is 14.4. The van der Waals surface area contributed by atoms with Gasteiger partial charge in [-0.15, -0.1) is 0 Å². The van der Waals surface area contributed by atoms with E-state index >= 15 is 0 Å². The maximum atomic E-state index is 10.7. The number of hydrogen-bond donors (Lipinski definition) is 1. The lowest BCUT2D eigenvalue weighted by molar-refractivity contribution is -0.139. The summed E-state index contributed by atoms with van der Waals surface area (Å²) in [4.78, 5) is 10.7. The molecule has 0 spiro atoms. The first-order valence-electron chi connectivity index (χ1n) is 4.03. The predicted molar refractivity (Wildman–Crippen MR) is 47.6 cm³/mol. The highest BCUT2D eigenvalue weighted by Crippen LogP contribution is 1.87. The van der Waals surface area contributed by atoms with Crippen LogP contribution in [-0.2, 0) is 19.0 Å². The monoisotopic (exact) mass is 191 g/mol. The number of rotatable bonds is 7. The Labute approximate surface area is 78.3 Å². The first-order valence-corrected chi connectivity index (χ1v) is 4.03. The minimum Gasteiger partial charge on any atom is -0.468 e. The summed E-state index contributed by atoms with van der Waals surface area (Å²) in [6.45, 7) is 1.27. The van der Waals surface area contributed by atoms with E-state index in [9.17, 15) is 4.79 Å². The fourth-order valence-corrected chi connectivity index (χ4v) is 0.804. The van der Waals surface area contributed by atoms with E-state index in [2.05, 4.69) is 10.1 Å². The van der Waals surface area contributed by atoms with E-state index in [0.29, 0.717) is 13.2 Å². The number of esters is 1. The minimum atomic E-state index is -0.285. The average Bonchev–Trinajstić information content (AvgIpc) is 2.16. The van der Waals surface area contributed by atoms with Gasteiger partial charge in [0.05, 0.1) is 26.4 Å². The van der Waals surface area contributed by atoms with Crippen LogP contribution in [0.5, 0.6) is 0 Å². The van der Waals surface area contributed by atoms with Gasteiger partial charge in [0.25, 0.3) is 0 Å². The average molecular weight is 191 g/mol. The van der Waals surface area contributed by atoms with Crippen molar-refractivity contribution in [2.75, 3.05) is 41.0 Å². The summed E-state index contributed by atoms with van der Waals surface area (Å²) in [5.41, 5.74) is 0. The van der Waals surface area contributed by atoms with E-state index in [1.807, 2.05) is 0 Å². The molecule has 0 heterocycles. The molecule has 0 aromatic rings. The Morgan fingerprint density at radius 3 is 2.54 bits per heavy atom. The third kappa shape index (κ3) is 6.51. The van der Waals surface area contributed by atoms with Crippen molar-refractivity contribution in [1.82, 2.24) is 5.32 Å². The van der Waals surface area contributed by atoms with Gasteiger partial charge < -0.3 is 19.5 Å². The number of hydrogen-bond acceptors (Lipinski definition) is 5. The van der Waals surface area contributed by atoms with Crippen molar-refractivity contribution in [1.29, 1.82) is 0 Å². The Morgan fingerprint density at radius 1 is 1.38 bits per heavy atom. The summed E-state index contributed by atoms with van der Waals surface area (Å²) in [5.74, 6) is -0.285. The number of ether oxygens (including phenoxy) is 3. The third-order valence-corrected chi connectivity index (χ3v) is 1.55. The molecule has 1 atom stereocenters. The highest BCUT2D eigenvalue weighted by atomic mass is 16.5. The molecule has 0 saturated carbocycles. The van der Waals surface area contributed by atoms with Crippen LogP contribution in [0.3, 0.4) is 0 Å². The van der Waals surface area contributed by atoms with Crippen LogP contribution < -0.4 is 5.32 Å². The molecule has 0 amide bonds. The van der Waals surface area contributed by atoms with Gasteiger partial charge in [-0.25, -0.2) is 0 Å². The van der Waals surface area contributed by atoms with Crippen LogP contribution in [0.15, 0.2) is 0 Å². The van der Waals surface area contributed by atoms with Crippen LogP contribution >= 0.6 is 0 Å².